The van der Waals surface area contributed by atoms with E-state index in [0.717, 1.165) is 48.8 Å². The van der Waals surface area contributed by atoms with Crippen LogP contribution in [0.15, 0.2) is 23.2 Å². The Hall–Kier alpha value is -0.850. The number of nitrogens with zero attached hydrogens (tertiary/aromatic N) is 3. The lowest BCUT2D eigenvalue weighted by Gasteiger charge is -2.37. The van der Waals surface area contributed by atoms with Crippen LogP contribution >= 0.6 is 24.0 Å². The van der Waals surface area contributed by atoms with Crippen LogP contribution in [0, 0.1) is 18.8 Å². The lowest BCUT2D eigenvalue weighted by atomic mass is 9.92. The Morgan fingerprint density at radius 1 is 1.32 bits per heavy atom. The Kier molecular flexibility index (Phi) is 8.14. The fourth-order valence-corrected chi connectivity index (χ4v) is 3.11. The zero-order valence-corrected chi connectivity index (χ0v) is 16.5. The van der Waals surface area contributed by atoms with E-state index in [1.165, 1.54) is 6.42 Å². The van der Waals surface area contributed by atoms with Crippen molar-refractivity contribution in [2.24, 2.45) is 16.8 Å². The van der Waals surface area contributed by atoms with Crippen LogP contribution < -0.4 is 5.32 Å². The number of pyridine rings is 1. The van der Waals surface area contributed by atoms with Crippen molar-refractivity contribution in [2.45, 2.75) is 40.7 Å². The number of piperidine rings is 1. The first kappa shape index (κ1) is 19.2. The Labute approximate surface area is 151 Å². The fraction of sp³-hybridized carbons (Fsp3) is 0.647. The van der Waals surface area contributed by atoms with E-state index in [9.17, 15) is 0 Å². The number of halogens is 1. The van der Waals surface area contributed by atoms with E-state index >= 15 is 0 Å². The lowest BCUT2D eigenvalue weighted by molar-refractivity contribution is 0.208. The topological polar surface area (TPSA) is 40.5 Å². The smallest absolute Gasteiger partial charge is 0.194 e. The van der Waals surface area contributed by atoms with Crippen LogP contribution in [0.5, 0.6) is 0 Å². The Balaban J connectivity index is 0.00000242. The summed E-state index contributed by atoms with van der Waals surface area (Å²) >= 11 is 0. The molecule has 0 radical (unpaired) electrons. The van der Waals surface area contributed by atoms with Crippen molar-refractivity contribution in [1.82, 2.24) is 15.2 Å². The molecule has 1 saturated heterocycles. The molecular weight excluding hydrogens is 387 g/mol. The molecule has 1 fully saturated rings. The summed E-state index contributed by atoms with van der Waals surface area (Å²) in [4.78, 5) is 11.7. The first-order valence-corrected chi connectivity index (χ1v) is 8.04. The predicted molar refractivity (Wildman–Crippen MR) is 104 cm³/mol. The van der Waals surface area contributed by atoms with Crippen LogP contribution in [0.25, 0.3) is 0 Å². The monoisotopic (exact) mass is 416 g/mol. The highest BCUT2D eigenvalue weighted by Gasteiger charge is 2.23. The highest BCUT2D eigenvalue weighted by Crippen LogP contribution is 2.21. The first-order valence-electron chi connectivity index (χ1n) is 8.04. The van der Waals surface area contributed by atoms with Gasteiger partial charge >= 0.3 is 0 Å². The van der Waals surface area contributed by atoms with Crippen LogP contribution in [0.3, 0.4) is 0 Å². The van der Waals surface area contributed by atoms with Crippen LogP contribution in [0.2, 0.25) is 0 Å². The van der Waals surface area contributed by atoms with Gasteiger partial charge in [-0.15, -0.1) is 24.0 Å². The molecule has 0 bridgehead atoms. The molecule has 1 N–H and O–H groups in total. The molecule has 2 rings (SSSR count). The second kappa shape index (κ2) is 9.33. The Morgan fingerprint density at radius 2 is 2.00 bits per heavy atom. The molecule has 124 valence electrons. The third-order valence-corrected chi connectivity index (χ3v) is 3.84. The number of guanidine groups is 1. The minimum absolute atomic E-state index is 0. The number of hydrogen-bond donors (Lipinski definition) is 1. The van der Waals surface area contributed by atoms with E-state index in [1.807, 2.05) is 25.1 Å². The van der Waals surface area contributed by atoms with E-state index in [4.69, 9.17) is 4.99 Å². The summed E-state index contributed by atoms with van der Waals surface area (Å²) in [6.45, 7) is 12.5. The van der Waals surface area contributed by atoms with Crippen LogP contribution in [0.4, 0.5) is 0 Å². The van der Waals surface area contributed by atoms with Crippen molar-refractivity contribution in [3.63, 3.8) is 0 Å². The summed E-state index contributed by atoms with van der Waals surface area (Å²) in [7, 11) is 0. The van der Waals surface area contributed by atoms with Crippen molar-refractivity contribution < 1.29 is 0 Å². The molecule has 0 saturated carbocycles. The molecule has 5 heteroatoms. The average Bonchev–Trinajstić information content (AvgIpc) is 2.42. The lowest BCUT2D eigenvalue weighted by Crippen LogP contribution is -2.48. The molecule has 0 aromatic carbocycles. The zero-order chi connectivity index (χ0) is 15.2. The largest absolute Gasteiger partial charge is 0.357 e. The van der Waals surface area contributed by atoms with Gasteiger partial charge in [0.25, 0.3) is 0 Å². The van der Waals surface area contributed by atoms with Crippen molar-refractivity contribution in [1.29, 1.82) is 0 Å². The van der Waals surface area contributed by atoms with Gasteiger partial charge in [-0.1, -0.05) is 19.9 Å². The average molecular weight is 416 g/mol. The Morgan fingerprint density at radius 3 is 2.59 bits per heavy atom. The summed E-state index contributed by atoms with van der Waals surface area (Å²) in [6.07, 6.45) is 1.31. The summed E-state index contributed by atoms with van der Waals surface area (Å²) in [5.41, 5.74) is 2.08. The number of likely N-dealkylation sites (tertiary alicyclic amines) is 1. The summed E-state index contributed by atoms with van der Waals surface area (Å²) in [5.74, 6) is 2.49. The van der Waals surface area contributed by atoms with Crippen molar-refractivity contribution in [3.8, 4) is 0 Å². The second-order valence-corrected chi connectivity index (χ2v) is 6.29. The maximum atomic E-state index is 4.79. The molecule has 1 aliphatic rings. The maximum Gasteiger partial charge on any atom is 0.194 e. The first-order chi connectivity index (χ1) is 10.1. The van der Waals surface area contributed by atoms with E-state index in [1.54, 1.807) is 0 Å². The predicted octanol–water partition coefficient (Wildman–Crippen LogP) is 3.45. The number of hydrogen-bond acceptors (Lipinski definition) is 2. The fourth-order valence-electron chi connectivity index (χ4n) is 3.11. The maximum absolute atomic E-state index is 4.79. The summed E-state index contributed by atoms with van der Waals surface area (Å²) in [6, 6.07) is 6.11. The van der Waals surface area contributed by atoms with Gasteiger partial charge in [0, 0.05) is 25.3 Å². The number of nitrogens with one attached hydrogen (secondary N) is 1. The van der Waals surface area contributed by atoms with Gasteiger partial charge in [0.1, 0.15) is 0 Å². The van der Waals surface area contributed by atoms with Crippen molar-refractivity contribution in [2.75, 3.05) is 19.6 Å². The SMILES string of the molecule is CCNC(=NCc1cccc(C)n1)N1CC(C)CC(C)C1.I. The molecule has 2 unspecified atom stereocenters. The van der Waals surface area contributed by atoms with E-state index in [0.29, 0.717) is 6.54 Å². The normalized spacial score (nSPS) is 22.2. The number of aromatic nitrogens is 1. The molecule has 1 aliphatic heterocycles. The zero-order valence-electron chi connectivity index (χ0n) is 14.2. The summed E-state index contributed by atoms with van der Waals surface area (Å²) < 4.78 is 0. The van der Waals surface area contributed by atoms with E-state index in [2.05, 4.69) is 36.0 Å². The van der Waals surface area contributed by atoms with Gasteiger partial charge in [-0.3, -0.25) is 4.98 Å². The third-order valence-electron chi connectivity index (χ3n) is 3.84. The molecule has 4 nitrogen and oxygen atoms in total. The standard InChI is InChI=1S/C17H28N4.HI/c1-5-18-17(21-11-13(2)9-14(3)12-21)19-10-16-8-6-7-15(4)20-16;/h6-8,13-14H,5,9-12H2,1-4H3,(H,18,19);1H. The van der Waals surface area contributed by atoms with E-state index in [-0.39, 0.29) is 24.0 Å². The molecule has 2 atom stereocenters. The highest BCUT2D eigenvalue weighted by molar-refractivity contribution is 14.0. The second-order valence-electron chi connectivity index (χ2n) is 6.29. The van der Waals surface area contributed by atoms with Gasteiger partial charge in [0.05, 0.1) is 12.2 Å². The quantitative estimate of drug-likeness (QED) is 0.466. The number of aliphatic imine (C=N–C) groups is 1. The van der Waals surface area contributed by atoms with Gasteiger partial charge in [0.2, 0.25) is 0 Å². The van der Waals surface area contributed by atoms with Gasteiger partial charge < -0.3 is 10.2 Å². The molecule has 2 heterocycles. The highest BCUT2D eigenvalue weighted by atomic mass is 127. The Bertz CT molecular complexity index is 479. The summed E-state index contributed by atoms with van der Waals surface area (Å²) in [5, 5.41) is 3.43. The van der Waals surface area contributed by atoms with Gasteiger partial charge in [0.15, 0.2) is 5.96 Å². The number of aryl methyl sites for hydroxylation is 1. The molecule has 0 spiro atoms. The number of rotatable bonds is 3. The van der Waals surface area contributed by atoms with Gasteiger partial charge in [-0.05, 0) is 44.2 Å². The van der Waals surface area contributed by atoms with Gasteiger partial charge in [-0.25, -0.2) is 4.99 Å². The molecule has 0 amide bonds. The van der Waals surface area contributed by atoms with Gasteiger partial charge in [-0.2, -0.15) is 0 Å². The minimum Gasteiger partial charge on any atom is -0.357 e. The van der Waals surface area contributed by atoms with Crippen molar-refractivity contribution in [3.05, 3.63) is 29.6 Å². The third kappa shape index (κ3) is 5.74. The minimum atomic E-state index is 0. The molecular formula is C17H29IN4. The molecule has 0 aliphatic carbocycles. The van der Waals surface area contributed by atoms with Crippen LogP contribution in [-0.4, -0.2) is 35.5 Å². The van der Waals surface area contributed by atoms with Crippen LogP contribution in [-0.2, 0) is 6.54 Å². The van der Waals surface area contributed by atoms with Crippen LogP contribution in [0.1, 0.15) is 38.6 Å². The van der Waals surface area contributed by atoms with E-state index < -0.39 is 0 Å². The molecule has 1 aromatic heterocycles. The molecule has 22 heavy (non-hydrogen) atoms. The van der Waals surface area contributed by atoms with Crippen molar-refractivity contribution >= 4 is 29.9 Å². The molecule has 1 aromatic rings.